The van der Waals surface area contributed by atoms with Crippen molar-refractivity contribution in [2.75, 3.05) is 31.4 Å². The molecule has 0 aliphatic carbocycles. The minimum Gasteiger partial charge on any atom is -0.455 e. The van der Waals surface area contributed by atoms with Crippen molar-refractivity contribution in [3.63, 3.8) is 0 Å². The second kappa shape index (κ2) is 9.02. The fraction of sp³-hybridized carbons (Fsp3) is 0.121. The highest BCUT2D eigenvalue weighted by molar-refractivity contribution is 6.13. The summed E-state index contributed by atoms with van der Waals surface area (Å²) in [5.74, 6) is -0.198. The van der Waals surface area contributed by atoms with Crippen LogP contribution in [0.25, 0.3) is 55.6 Å². The van der Waals surface area contributed by atoms with E-state index in [1.807, 2.05) is 31.1 Å². The molecule has 1 aliphatic rings. The molecule has 198 valence electrons. The molecule has 6 aromatic rings. The summed E-state index contributed by atoms with van der Waals surface area (Å²) >= 11 is 0. The molecule has 4 aromatic carbocycles. The van der Waals surface area contributed by atoms with Crippen molar-refractivity contribution in [2.24, 2.45) is 0 Å². The van der Waals surface area contributed by atoms with E-state index in [1.165, 1.54) is 23.0 Å². The normalized spacial score (nSPS) is 12.2. The molecule has 7 heteroatoms. The first kappa shape index (κ1) is 24.0. The second-order valence-electron chi connectivity index (χ2n) is 10.3. The molecule has 0 bridgehead atoms. The van der Waals surface area contributed by atoms with E-state index < -0.39 is 0 Å². The summed E-state index contributed by atoms with van der Waals surface area (Å²) in [5.41, 5.74) is 9.17. The number of anilines is 2. The minimum absolute atomic E-state index is 0.263. The standard InChI is InChI=1S/C33H27FN4O2/c1-35-33(39)31-25-16-23(28(37(2)3)17-30(25)40-32(31)19-8-11-22(34)12-9-19)20-10-13-26-24(14-20)29-15-21-6-4-5-7-27(21)38(29)18-36-26/h4-17,36H,18H2,1-3H3,(H,35,39). The van der Waals surface area contributed by atoms with Gasteiger partial charge in [-0.1, -0.05) is 24.3 Å². The summed E-state index contributed by atoms with van der Waals surface area (Å²) in [6, 6.07) is 27.1. The van der Waals surface area contributed by atoms with Gasteiger partial charge in [-0.2, -0.15) is 0 Å². The van der Waals surface area contributed by atoms with E-state index in [9.17, 15) is 9.18 Å². The van der Waals surface area contributed by atoms with Crippen molar-refractivity contribution in [2.45, 2.75) is 6.67 Å². The Morgan fingerprint density at radius 3 is 2.50 bits per heavy atom. The number of rotatable bonds is 4. The lowest BCUT2D eigenvalue weighted by Crippen LogP contribution is -2.18. The summed E-state index contributed by atoms with van der Waals surface area (Å²) in [4.78, 5) is 15.2. The van der Waals surface area contributed by atoms with Gasteiger partial charge in [-0.3, -0.25) is 4.79 Å². The van der Waals surface area contributed by atoms with Gasteiger partial charge in [0.05, 0.1) is 23.4 Å². The molecule has 6 nitrogen and oxygen atoms in total. The Morgan fingerprint density at radius 1 is 0.950 bits per heavy atom. The van der Waals surface area contributed by atoms with Crippen LogP contribution in [0.4, 0.5) is 15.8 Å². The van der Waals surface area contributed by atoms with Crippen LogP contribution in [-0.2, 0) is 6.67 Å². The largest absolute Gasteiger partial charge is 0.455 e. The first-order valence-electron chi connectivity index (χ1n) is 13.2. The molecule has 0 saturated heterocycles. The molecule has 7 rings (SSSR count). The highest BCUT2D eigenvalue weighted by Gasteiger charge is 2.25. The average molecular weight is 531 g/mol. The SMILES string of the molecule is CNC(=O)c1c(-c2ccc(F)cc2)oc2cc(N(C)C)c(-c3ccc4c(c3)-c3cc5ccccc5n3CN4)cc12. The Morgan fingerprint density at radius 2 is 1.73 bits per heavy atom. The summed E-state index contributed by atoms with van der Waals surface area (Å²) in [6.45, 7) is 0.709. The maximum atomic E-state index is 13.7. The quantitative estimate of drug-likeness (QED) is 0.250. The van der Waals surface area contributed by atoms with Crippen molar-refractivity contribution in [1.29, 1.82) is 0 Å². The number of halogens is 1. The number of hydrogen-bond acceptors (Lipinski definition) is 4. The Bertz CT molecular complexity index is 1950. The molecule has 3 heterocycles. The Labute approximate surface area is 230 Å². The van der Waals surface area contributed by atoms with E-state index in [4.69, 9.17) is 4.42 Å². The number of amides is 1. The molecule has 2 aromatic heterocycles. The van der Waals surface area contributed by atoms with Crippen LogP contribution in [0.5, 0.6) is 0 Å². The number of furan rings is 1. The number of fused-ring (bicyclic) bond motifs is 6. The Hall–Kier alpha value is -5.04. The van der Waals surface area contributed by atoms with Crippen LogP contribution in [-0.4, -0.2) is 31.6 Å². The van der Waals surface area contributed by atoms with Crippen molar-refractivity contribution in [3.05, 3.63) is 96.3 Å². The van der Waals surface area contributed by atoms with Crippen molar-refractivity contribution in [3.8, 4) is 33.7 Å². The van der Waals surface area contributed by atoms with Crippen molar-refractivity contribution >= 4 is 39.2 Å². The molecular formula is C33H27FN4O2. The van der Waals surface area contributed by atoms with Gasteiger partial charge in [0.25, 0.3) is 5.91 Å². The van der Waals surface area contributed by atoms with Crippen LogP contribution in [0.15, 0.2) is 89.3 Å². The van der Waals surface area contributed by atoms with Gasteiger partial charge in [0, 0.05) is 66.0 Å². The molecule has 0 spiro atoms. The van der Waals surface area contributed by atoms with Gasteiger partial charge >= 0.3 is 0 Å². The van der Waals surface area contributed by atoms with Crippen LogP contribution in [0.2, 0.25) is 0 Å². The van der Waals surface area contributed by atoms with Crippen LogP contribution >= 0.6 is 0 Å². The molecule has 0 fully saturated rings. The van der Waals surface area contributed by atoms with Gasteiger partial charge < -0.3 is 24.5 Å². The van der Waals surface area contributed by atoms with E-state index >= 15 is 0 Å². The lowest BCUT2D eigenvalue weighted by molar-refractivity contribution is 0.0964. The topological polar surface area (TPSA) is 62.4 Å². The highest BCUT2D eigenvalue weighted by atomic mass is 19.1. The number of nitrogens with one attached hydrogen (secondary N) is 2. The van der Waals surface area contributed by atoms with E-state index in [0.717, 1.165) is 33.8 Å². The molecule has 2 N–H and O–H groups in total. The third kappa shape index (κ3) is 3.66. The number of carbonyl (C=O) groups excluding carboxylic acids is 1. The van der Waals surface area contributed by atoms with Crippen LogP contribution in [0.1, 0.15) is 10.4 Å². The highest BCUT2D eigenvalue weighted by Crippen LogP contribution is 2.43. The third-order valence-corrected chi connectivity index (χ3v) is 7.69. The number of benzene rings is 4. The maximum Gasteiger partial charge on any atom is 0.255 e. The molecule has 0 saturated carbocycles. The molecule has 1 amide bonds. The maximum absolute atomic E-state index is 13.7. The smallest absolute Gasteiger partial charge is 0.255 e. The van der Waals surface area contributed by atoms with Gasteiger partial charge in [-0.25, -0.2) is 4.39 Å². The Kier molecular flexibility index (Phi) is 5.42. The Balaban J connectivity index is 1.45. The summed E-state index contributed by atoms with van der Waals surface area (Å²) in [7, 11) is 5.58. The van der Waals surface area contributed by atoms with Gasteiger partial charge in [-0.15, -0.1) is 0 Å². The summed E-state index contributed by atoms with van der Waals surface area (Å²) < 4.78 is 22.2. The minimum atomic E-state index is -0.348. The number of para-hydroxylation sites is 1. The average Bonchev–Trinajstić information content (AvgIpc) is 3.54. The lowest BCUT2D eigenvalue weighted by Gasteiger charge is -2.24. The van der Waals surface area contributed by atoms with Crippen LogP contribution in [0, 0.1) is 5.82 Å². The number of nitrogens with zero attached hydrogens (tertiary/aromatic N) is 2. The zero-order valence-corrected chi connectivity index (χ0v) is 22.4. The summed E-state index contributed by atoms with van der Waals surface area (Å²) in [5, 5.41) is 8.21. The summed E-state index contributed by atoms with van der Waals surface area (Å²) in [6.07, 6.45) is 0. The van der Waals surface area contributed by atoms with Crippen LogP contribution in [0.3, 0.4) is 0 Å². The molecular weight excluding hydrogens is 503 g/mol. The van der Waals surface area contributed by atoms with Gasteiger partial charge in [0.15, 0.2) is 0 Å². The lowest BCUT2D eigenvalue weighted by atomic mass is 9.95. The first-order valence-corrected chi connectivity index (χ1v) is 13.2. The fourth-order valence-corrected chi connectivity index (χ4v) is 5.73. The van der Waals surface area contributed by atoms with E-state index in [-0.39, 0.29) is 11.7 Å². The zero-order valence-electron chi connectivity index (χ0n) is 22.4. The number of aromatic nitrogens is 1. The van der Waals surface area contributed by atoms with E-state index in [1.54, 1.807) is 19.2 Å². The molecule has 0 unspecified atom stereocenters. The monoisotopic (exact) mass is 530 g/mol. The molecule has 0 radical (unpaired) electrons. The van der Waals surface area contributed by atoms with Gasteiger partial charge in [0.1, 0.15) is 17.2 Å². The first-order chi connectivity index (χ1) is 19.4. The molecule has 0 atom stereocenters. The van der Waals surface area contributed by atoms with E-state index in [0.29, 0.717) is 34.5 Å². The fourth-order valence-electron chi connectivity index (χ4n) is 5.73. The molecule has 40 heavy (non-hydrogen) atoms. The van der Waals surface area contributed by atoms with Gasteiger partial charge in [0.2, 0.25) is 0 Å². The predicted octanol–water partition coefficient (Wildman–Crippen LogP) is 7.34. The number of carbonyl (C=O) groups is 1. The van der Waals surface area contributed by atoms with E-state index in [2.05, 4.69) is 63.7 Å². The number of hydrogen-bond donors (Lipinski definition) is 2. The predicted molar refractivity (Wildman–Crippen MR) is 159 cm³/mol. The zero-order chi connectivity index (χ0) is 27.5. The second-order valence-corrected chi connectivity index (χ2v) is 10.3. The van der Waals surface area contributed by atoms with Crippen molar-refractivity contribution < 1.29 is 13.6 Å². The van der Waals surface area contributed by atoms with Crippen LogP contribution < -0.4 is 15.5 Å². The van der Waals surface area contributed by atoms with Crippen molar-refractivity contribution in [1.82, 2.24) is 9.88 Å². The molecule has 1 aliphatic heterocycles. The van der Waals surface area contributed by atoms with Gasteiger partial charge in [-0.05, 0) is 60.2 Å². The third-order valence-electron chi connectivity index (χ3n) is 7.69.